The summed E-state index contributed by atoms with van der Waals surface area (Å²) in [7, 11) is 1.73. The molecule has 0 radical (unpaired) electrons. The van der Waals surface area contributed by atoms with Crippen molar-refractivity contribution in [2.75, 3.05) is 26.7 Å². The number of hydrogen-bond donors (Lipinski definition) is 2. The molecule has 1 aromatic rings. The smallest absolute Gasteiger partial charge is 0.252 e. The van der Waals surface area contributed by atoms with E-state index in [1.165, 1.54) is 0 Å². The zero-order valence-electron chi connectivity index (χ0n) is 10.3. The second kappa shape index (κ2) is 6.31. The van der Waals surface area contributed by atoms with Crippen molar-refractivity contribution in [1.82, 2.24) is 10.6 Å². The van der Waals surface area contributed by atoms with E-state index >= 15 is 0 Å². The molecular weight excluding hydrogens is 363 g/mol. The lowest BCUT2D eigenvalue weighted by molar-refractivity contribution is -0.0312. The molecule has 0 spiro atoms. The predicted octanol–water partition coefficient (Wildman–Crippen LogP) is 1.85. The Morgan fingerprint density at radius 1 is 1.61 bits per heavy atom. The van der Waals surface area contributed by atoms with Gasteiger partial charge in [0, 0.05) is 19.0 Å². The van der Waals surface area contributed by atoms with E-state index in [0.717, 1.165) is 34.4 Å². The highest BCUT2D eigenvalue weighted by atomic mass is 127. The highest BCUT2D eigenvalue weighted by Crippen LogP contribution is 2.22. The number of amides is 1. The van der Waals surface area contributed by atoms with E-state index in [9.17, 15) is 4.79 Å². The van der Waals surface area contributed by atoms with Gasteiger partial charge in [-0.3, -0.25) is 4.79 Å². The van der Waals surface area contributed by atoms with Crippen molar-refractivity contribution >= 4 is 39.8 Å². The second-order valence-electron chi connectivity index (χ2n) is 4.46. The van der Waals surface area contributed by atoms with Crippen LogP contribution in [0.15, 0.2) is 11.4 Å². The van der Waals surface area contributed by atoms with Gasteiger partial charge < -0.3 is 15.4 Å². The molecule has 1 saturated heterocycles. The predicted molar refractivity (Wildman–Crippen MR) is 81.2 cm³/mol. The van der Waals surface area contributed by atoms with Crippen LogP contribution in [0.2, 0.25) is 0 Å². The number of halogens is 1. The van der Waals surface area contributed by atoms with Crippen LogP contribution in [-0.2, 0) is 4.74 Å². The summed E-state index contributed by atoms with van der Waals surface area (Å²) in [5.41, 5.74) is 0.536. The molecule has 1 fully saturated rings. The minimum absolute atomic E-state index is 0.0101. The van der Waals surface area contributed by atoms with Gasteiger partial charge in [0.1, 0.15) is 0 Å². The first-order valence-corrected chi connectivity index (χ1v) is 7.89. The average molecular weight is 380 g/mol. The van der Waals surface area contributed by atoms with Crippen molar-refractivity contribution in [2.24, 2.45) is 0 Å². The highest BCUT2D eigenvalue weighted by Gasteiger charge is 2.32. The number of thiophene rings is 1. The zero-order valence-corrected chi connectivity index (χ0v) is 13.3. The zero-order chi connectivity index (χ0) is 13.0. The molecule has 2 heterocycles. The molecule has 18 heavy (non-hydrogen) atoms. The molecule has 1 amide bonds. The Bertz CT molecular complexity index is 416. The lowest BCUT2D eigenvalue weighted by atomic mass is 9.92. The first kappa shape index (κ1) is 14.2. The SMILES string of the molecule is COC1(CNC(=O)c2csc(I)c2)CCNCC1. The second-order valence-corrected chi connectivity index (χ2v) is 7.26. The van der Waals surface area contributed by atoms with Gasteiger partial charge in [-0.25, -0.2) is 0 Å². The van der Waals surface area contributed by atoms with Crippen molar-refractivity contribution in [3.8, 4) is 0 Å². The van der Waals surface area contributed by atoms with Gasteiger partial charge in [-0.05, 0) is 54.6 Å². The largest absolute Gasteiger partial charge is 0.376 e. The summed E-state index contributed by atoms with van der Waals surface area (Å²) in [5, 5.41) is 8.18. The molecule has 1 aromatic heterocycles. The first-order valence-electron chi connectivity index (χ1n) is 5.93. The third-order valence-corrected chi connectivity index (χ3v) is 5.14. The van der Waals surface area contributed by atoms with Gasteiger partial charge in [0.05, 0.1) is 14.0 Å². The lowest BCUT2D eigenvalue weighted by Gasteiger charge is -2.36. The maximum absolute atomic E-state index is 12.0. The fraction of sp³-hybridized carbons (Fsp3) is 0.583. The average Bonchev–Trinajstić information content (AvgIpc) is 2.84. The number of hydrogen-bond acceptors (Lipinski definition) is 4. The summed E-state index contributed by atoms with van der Waals surface area (Å²) in [6.45, 7) is 2.47. The number of rotatable bonds is 4. The molecule has 100 valence electrons. The fourth-order valence-electron chi connectivity index (χ4n) is 2.11. The fourth-order valence-corrected chi connectivity index (χ4v) is 3.43. The van der Waals surface area contributed by atoms with Crippen LogP contribution in [0.1, 0.15) is 23.2 Å². The Labute approximate surface area is 125 Å². The summed E-state index contributed by atoms with van der Waals surface area (Å²) < 4.78 is 6.74. The number of carbonyl (C=O) groups excluding carboxylic acids is 1. The van der Waals surface area contributed by atoms with E-state index in [2.05, 4.69) is 33.2 Å². The summed E-state index contributed by atoms with van der Waals surface area (Å²) in [6.07, 6.45) is 1.87. The molecule has 0 aromatic carbocycles. The Balaban J connectivity index is 1.91. The standard InChI is InChI=1S/C12H17IN2O2S/c1-17-12(2-4-14-5-3-12)8-15-11(16)9-6-10(13)18-7-9/h6-7,14H,2-5,8H2,1H3,(H,15,16). The lowest BCUT2D eigenvalue weighted by Crippen LogP contribution is -2.50. The Hall–Kier alpha value is -0.180. The van der Waals surface area contributed by atoms with E-state index in [-0.39, 0.29) is 11.5 Å². The third kappa shape index (κ3) is 3.43. The molecule has 0 aliphatic carbocycles. The van der Waals surface area contributed by atoms with Gasteiger partial charge in [0.2, 0.25) is 0 Å². The Kier molecular flexibility index (Phi) is 4.99. The third-order valence-electron chi connectivity index (χ3n) is 3.35. The van der Waals surface area contributed by atoms with E-state index in [1.54, 1.807) is 18.4 Å². The molecular formula is C12H17IN2O2S. The van der Waals surface area contributed by atoms with Crippen molar-refractivity contribution in [2.45, 2.75) is 18.4 Å². The van der Waals surface area contributed by atoms with Gasteiger partial charge in [-0.2, -0.15) is 0 Å². The van der Waals surface area contributed by atoms with Crippen LogP contribution in [0.4, 0.5) is 0 Å². The molecule has 0 bridgehead atoms. The van der Waals surface area contributed by atoms with Crippen LogP contribution < -0.4 is 10.6 Å². The molecule has 4 nitrogen and oxygen atoms in total. The number of ether oxygens (including phenoxy) is 1. The van der Waals surface area contributed by atoms with Crippen LogP contribution in [-0.4, -0.2) is 38.3 Å². The first-order chi connectivity index (χ1) is 8.65. The van der Waals surface area contributed by atoms with Crippen molar-refractivity contribution in [1.29, 1.82) is 0 Å². The molecule has 1 aliphatic rings. The molecule has 0 atom stereocenters. The minimum Gasteiger partial charge on any atom is -0.376 e. The van der Waals surface area contributed by atoms with Crippen molar-refractivity contribution in [3.63, 3.8) is 0 Å². The van der Waals surface area contributed by atoms with Gasteiger partial charge in [0.25, 0.3) is 5.91 Å². The van der Waals surface area contributed by atoms with Crippen molar-refractivity contribution in [3.05, 3.63) is 19.9 Å². The molecule has 0 unspecified atom stereocenters. The minimum atomic E-state index is -0.204. The Morgan fingerprint density at radius 2 is 2.33 bits per heavy atom. The number of nitrogens with one attached hydrogen (secondary N) is 2. The number of methoxy groups -OCH3 is 1. The van der Waals surface area contributed by atoms with E-state index in [1.807, 2.05) is 11.4 Å². The monoisotopic (exact) mass is 380 g/mol. The van der Waals surface area contributed by atoms with Gasteiger partial charge in [-0.1, -0.05) is 0 Å². The summed E-state index contributed by atoms with van der Waals surface area (Å²) >= 11 is 3.80. The summed E-state index contributed by atoms with van der Waals surface area (Å²) in [4.78, 5) is 12.0. The van der Waals surface area contributed by atoms with E-state index < -0.39 is 0 Å². The van der Waals surface area contributed by atoms with Crippen LogP contribution in [0.5, 0.6) is 0 Å². The van der Waals surface area contributed by atoms with Crippen LogP contribution in [0, 0.1) is 2.88 Å². The van der Waals surface area contributed by atoms with Crippen LogP contribution in [0.25, 0.3) is 0 Å². The van der Waals surface area contributed by atoms with E-state index in [0.29, 0.717) is 6.54 Å². The molecule has 6 heteroatoms. The normalized spacial score (nSPS) is 18.6. The molecule has 0 saturated carbocycles. The summed E-state index contributed by atoms with van der Waals surface area (Å²) in [6, 6.07) is 1.91. The quantitative estimate of drug-likeness (QED) is 0.784. The van der Waals surface area contributed by atoms with Gasteiger partial charge >= 0.3 is 0 Å². The van der Waals surface area contributed by atoms with Crippen molar-refractivity contribution < 1.29 is 9.53 Å². The Morgan fingerprint density at radius 3 is 2.89 bits per heavy atom. The molecule has 2 N–H and O–H groups in total. The maximum atomic E-state index is 12.0. The van der Waals surface area contributed by atoms with Crippen LogP contribution >= 0.6 is 33.9 Å². The van der Waals surface area contributed by atoms with Gasteiger partial charge in [0.15, 0.2) is 0 Å². The molecule has 1 aliphatic heterocycles. The number of carbonyl (C=O) groups is 1. The topological polar surface area (TPSA) is 50.4 Å². The summed E-state index contributed by atoms with van der Waals surface area (Å²) in [5.74, 6) is -0.0101. The van der Waals surface area contributed by atoms with Gasteiger partial charge in [-0.15, -0.1) is 11.3 Å². The molecule has 2 rings (SSSR count). The van der Waals surface area contributed by atoms with Crippen LogP contribution in [0.3, 0.4) is 0 Å². The van der Waals surface area contributed by atoms with E-state index in [4.69, 9.17) is 4.74 Å². The maximum Gasteiger partial charge on any atom is 0.252 e. The number of piperidine rings is 1. The highest BCUT2D eigenvalue weighted by molar-refractivity contribution is 14.1.